The molecule has 2 heterocycles. The molecule has 0 aliphatic heterocycles. The van der Waals surface area contributed by atoms with E-state index in [9.17, 15) is 4.79 Å². The fourth-order valence-corrected chi connectivity index (χ4v) is 2.27. The number of carbonyl (C=O) groups is 1. The molecule has 0 aliphatic carbocycles. The quantitative estimate of drug-likeness (QED) is 0.811. The molecule has 0 unspecified atom stereocenters. The SMILES string of the molecule is CCc1nccc(C(=O)c2ncc(Cl)nc2Cl)c1Cl. The standard InChI is InChI=1S/C12H8Cl3N3O/c1-2-7-9(14)6(3-4-16-7)11(19)10-12(15)18-8(13)5-17-10/h3-5H,2H2,1H3. The van der Waals surface area contributed by atoms with Crippen molar-refractivity contribution in [2.24, 2.45) is 0 Å². The Labute approximate surface area is 124 Å². The van der Waals surface area contributed by atoms with Crippen LogP contribution in [-0.2, 0) is 6.42 Å². The van der Waals surface area contributed by atoms with Crippen LogP contribution in [0.25, 0.3) is 0 Å². The van der Waals surface area contributed by atoms with E-state index < -0.39 is 5.78 Å². The highest BCUT2D eigenvalue weighted by molar-refractivity contribution is 6.38. The van der Waals surface area contributed by atoms with Crippen molar-refractivity contribution in [1.82, 2.24) is 15.0 Å². The minimum absolute atomic E-state index is 0.0150. The average Bonchev–Trinajstić information content (AvgIpc) is 2.38. The lowest BCUT2D eigenvalue weighted by Gasteiger charge is -2.07. The third-order valence-corrected chi connectivity index (χ3v) is 3.32. The van der Waals surface area contributed by atoms with E-state index in [-0.39, 0.29) is 16.0 Å². The number of pyridine rings is 1. The number of halogens is 3. The maximum atomic E-state index is 12.3. The summed E-state index contributed by atoms with van der Waals surface area (Å²) >= 11 is 17.6. The molecule has 0 fully saturated rings. The number of aromatic nitrogens is 3. The average molecular weight is 317 g/mol. The molecule has 0 atom stereocenters. The Hall–Kier alpha value is -1.23. The summed E-state index contributed by atoms with van der Waals surface area (Å²) in [6.45, 7) is 1.90. The van der Waals surface area contributed by atoms with Crippen molar-refractivity contribution in [3.8, 4) is 0 Å². The molecule has 0 aromatic carbocycles. The van der Waals surface area contributed by atoms with Gasteiger partial charge in [-0.25, -0.2) is 9.97 Å². The predicted molar refractivity (Wildman–Crippen MR) is 74.1 cm³/mol. The number of hydrogen-bond donors (Lipinski definition) is 0. The lowest BCUT2D eigenvalue weighted by atomic mass is 10.1. The van der Waals surface area contributed by atoms with E-state index in [0.717, 1.165) is 0 Å². The van der Waals surface area contributed by atoms with Crippen LogP contribution in [0, 0.1) is 0 Å². The van der Waals surface area contributed by atoms with Crippen molar-refractivity contribution >= 4 is 40.6 Å². The van der Waals surface area contributed by atoms with Gasteiger partial charge in [0.1, 0.15) is 10.8 Å². The summed E-state index contributed by atoms with van der Waals surface area (Å²) in [5.41, 5.74) is 0.957. The maximum Gasteiger partial charge on any atom is 0.216 e. The predicted octanol–water partition coefficient (Wildman–Crippen LogP) is 3.63. The molecule has 2 rings (SSSR count). The number of ketones is 1. The second kappa shape index (κ2) is 5.82. The number of nitrogens with zero attached hydrogens (tertiary/aromatic N) is 3. The molecule has 0 saturated carbocycles. The number of rotatable bonds is 3. The van der Waals surface area contributed by atoms with Crippen LogP contribution in [0.1, 0.15) is 28.7 Å². The van der Waals surface area contributed by atoms with Crippen LogP contribution < -0.4 is 0 Å². The van der Waals surface area contributed by atoms with Crippen LogP contribution in [0.3, 0.4) is 0 Å². The summed E-state index contributed by atoms with van der Waals surface area (Å²) in [7, 11) is 0. The van der Waals surface area contributed by atoms with Gasteiger partial charge in [0.15, 0.2) is 5.15 Å². The summed E-state index contributed by atoms with van der Waals surface area (Å²) in [4.78, 5) is 24.1. The Bertz CT molecular complexity index is 646. The molecule has 4 nitrogen and oxygen atoms in total. The Kier molecular flexibility index (Phi) is 4.34. The van der Waals surface area contributed by atoms with E-state index in [1.54, 1.807) is 0 Å². The largest absolute Gasteiger partial charge is 0.287 e. The van der Waals surface area contributed by atoms with Crippen molar-refractivity contribution < 1.29 is 4.79 Å². The monoisotopic (exact) mass is 315 g/mol. The highest BCUT2D eigenvalue weighted by Gasteiger charge is 2.20. The van der Waals surface area contributed by atoms with Gasteiger partial charge < -0.3 is 0 Å². The zero-order valence-corrected chi connectivity index (χ0v) is 12.1. The van der Waals surface area contributed by atoms with Gasteiger partial charge in [0.05, 0.1) is 16.9 Å². The Morgan fingerprint density at radius 3 is 2.63 bits per heavy atom. The van der Waals surface area contributed by atoms with Gasteiger partial charge in [0.25, 0.3) is 0 Å². The first-order chi connectivity index (χ1) is 9.04. The van der Waals surface area contributed by atoms with Gasteiger partial charge in [-0.1, -0.05) is 41.7 Å². The van der Waals surface area contributed by atoms with Crippen LogP contribution in [0.5, 0.6) is 0 Å². The molecule has 0 amide bonds. The molecule has 0 saturated heterocycles. The Balaban J connectivity index is 2.50. The second-order valence-corrected chi connectivity index (χ2v) is 4.76. The van der Waals surface area contributed by atoms with Gasteiger partial charge >= 0.3 is 0 Å². The summed E-state index contributed by atoms with van der Waals surface area (Å²) in [5.74, 6) is -0.406. The first kappa shape index (κ1) is 14.2. The van der Waals surface area contributed by atoms with Gasteiger partial charge in [-0.15, -0.1) is 0 Å². The lowest BCUT2D eigenvalue weighted by Crippen LogP contribution is -2.08. The van der Waals surface area contributed by atoms with Crippen molar-refractivity contribution in [3.63, 3.8) is 0 Å². The highest BCUT2D eigenvalue weighted by Crippen LogP contribution is 2.24. The third kappa shape index (κ3) is 2.86. The smallest absolute Gasteiger partial charge is 0.216 e. The van der Waals surface area contributed by atoms with E-state index in [1.807, 2.05) is 6.92 Å². The summed E-state index contributed by atoms with van der Waals surface area (Å²) in [5, 5.41) is 0.378. The minimum Gasteiger partial charge on any atom is -0.287 e. The Morgan fingerprint density at radius 1 is 1.26 bits per heavy atom. The third-order valence-electron chi connectivity index (χ3n) is 2.46. The maximum absolute atomic E-state index is 12.3. The van der Waals surface area contributed by atoms with Crippen LogP contribution in [-0.4, -0.2) is 20.7 Å². The molecule has 19 heavy (non-hydrogen) atoms. The molecule has 7 heteroatoms. The van der Waals surface area contributed by atoms with Crippen molar-refractivity contribution in [2.75, 3.05) is 0 Å². The van der Waals surface area contributed by atoms with E-state index >= 15 is 0 Å². The van der Waals surface area contributed by atoms with Gasteiger partial charge in [0.2, 0.25) is 5.78 Å². The van der Waals surface area contributed by atoms with E-state index in [1.165, 1.54) is 18.5 Å². The highest BCUT2D eigenvalue weighted by atomic mass is 35.5. The van der Waals surface area contributed by atoms with Crippen molar-refractivity contribution in [3.05, 3.63) is 50.7 Å². The zero-order valence-electron chi connectivity index (χ0n) is 9.82. The number of hydrogen-bond acceptors (Lipinski definition) is 4. The van der Waals surface area contributed by atoms with Crippen LogP contribution in [0.15, 0.2) is 18.5 Å². The first-order valence-electron chi connectivity index (χ1n) is 5.40. The molecule has 0 radical (unpaired) electrons. The molecule has 0 spiro atoms. The van der Waals surface area contributed by atoms with E-state index in [2.05, 4.69) is 15.0 Å². The second-order valence-electron chi connectivity index (χ2n) is 3.63. The minimum atomic E-state index is -0.406. The molecule has 2 aromatic rings. The molecule has 0 aliphatic rings. The van der Waals surface area contributed by atoms with Gasteiger partial charge in [-0.2, -0.15) is 0 Å². The zero-order chi connectivity index (χ0) is 14.0. The lowest BCUT2D eigenvalue weighted by molar-refractivity contribution is 0.103. The molecule has 98 valence electrons. The molecular weight excluding hydrogens is 309 g/mol. The van der Waals surface area contributed by atoms with E-state index in [4.69, 9.17) is 34.8 Å². The Morgan fingerprint density at radius 2 is 2.00 bits per heavy atom. The normalized spacial score (nSPS) is 10.5. The fourth-order valence-electron chi connectivity index (χ4n) is 1.54. The van der Waals surface area contributed by atoms with E-state index in [0.29, 0.717) is 22.7 Å². The van der Waals surface area contributed by atoms with Gasteiger partial charge in [-0.05, 0) is 12.5 Å². The summed E-state index contributed by atoms with van der Waals surface area (Å²) in [6, 6.07) is 1.52. The molecule has 2 aromatic heterocycles. The van der Waals surface area contributed by atoms with Gasteiger partial charge in [0, 0.05) is 11.8 Å². The number of aryl methyl sites for hydroxylation is 1. The fraction of sp³-hybridized carbons (Fsp3) is 0.167. The van der Waals surface area contributed by atoms with Gasteiger partial charge in [-0.3, -0.25) is 9.78 Å². The molecule has 0 N–H and O–H groups in total. The molecular formula is C12H8Cl3N3O. The van der Waals surface area contributed by atoms with Crippen LogP contribution in [0.4, 0.5) is 0 Å². The summed E-state index contributed by atoms with van der Waals surface area (Å²) < 4.78 is 0. The first-order valence-corrected chi connectivity index (χ1v) is 6.54. The van der Waals surface area contributed by atoms with Crippen LogP contribution in [0.2, 0.25) is 15.3 Å². The van der Waals surface area contributed by atoms with Crippen molar-refractivity contribution in [1.29, 1.82) is 0 Å². The van der Waals surface area contributed by atoms with Crippen LogP contribution >= 0.6 is 34.8 Å². The molecule has 0 bridgehead atoms. The van der Waals surface area contributed by atoms with Crippen molar-refractivity contribution in [2.45, 2.75) is 13.3 Å². The number of carbonyl (C=O) groups excluding carboxylic acids is 1. The topological polar surface area (TPSA) is 55.7 Å². The summed E-state index contributed by atoms with van der Waals surface area (Å²) in [6.07, 6.45) is 3.41.